The van der Waals surface area contributed by atoms with Crippen LogP contribution in [0, 0.1) is 5.41 Å². The molecule has 0 amide bonds. The number of fused-ring (bicyclic) bond motifs is 1. The van der Waals surface area contributed by atoms with Gasteiger partial charge in [0.1, 0.15) is 42.4 Å². The van der Waals surface area contributed by atoms with E-state index in [2.05, 4.69) is 10.1 Å². The number of carbonyl (C=O) groups excluding carboxylic acids is 2. The van der Waals surface area contributed by atoms with E-state index >= 15 is 0 Å². The van der Waals surface area contributed by atoms with Gasteiger partial charge in [-0.15, -0.1) is 0 Å². The van der Waals surface area contributed by atoms with Crippen LogP contribution < -0.4 is 5.73 Å². The van der Waals surface area contributed by atoms with Crippen LogP contribution in [0.2, 0.25) is 0 Å². The smallest absolute Gasteiger partial charge is 0.313 e. The fourth-order valence-electron chi connectivity index (χ4n) is 4.21. The van der Waals surface area contributed by atoms with Crippen molar-refractivity contribution in [2.45, 2.75) is 58.0 Å². The van der Waals surface area contributed by atoms with Crippen LogP contribution in [0.1, 0.15) is 39.0 Å². The first-order valence-corrected chi connectivity index (χ1v) is 11.9. The Morgan fingerprint density at radius 2 is 1.89 bits per heavy atom. The van der Waals surface area contributed by atoms with Gasteiger partial charge in [0.2, 0.25) is 0 Å². The molecule has 0 bridgehead atoms. The molecular weight excluding hydrogens is 480 g/mol. The van der Waals surface area contributed by atoms with E-state index in [-0.39, 0.29) is 18.8 Å². The lowest BCUT2D eigenvalue weighted by Crippen LogP contribution is -2.42. The Hall–Kier alpha value is -3.54. The molecular formula is C26H32N4O7. The van der Waals surface area contributed by atoms with Gasteiger partial charge in [0.25, 0.3) is 0 Å². The number of nitrogen functional groups attached to an aromatic ring is 1. The lowest BCUT2D eigenvalue weighted by Gasteiger charge is -2.28. The van der Waals surface area contributed by atoms with Crippen molar-refractivity contribution in [2.24, 2.45) is 5.41 Å². The zero-order valence-electron chi connectivity index (χ0n) is 21.3. The molecule has 0 aliphatic carbocycles. The molecule has 198 valence electrons. The van der Waals surface area contributed by atoms with Crippen molar-refractivity contribution < 1.29 is 33.6 Å². The molecule has 3 heterocycles. The van der Waals surface area contributed by atoms with E-state index < -0.39 is 48.1 Å². The van der Waals surface area contributed by atoms with Gasteiger partial charge < -0.3 is 29.8 Å². The number of benzene rings is 1. The Labute approximate surface area is 214 Å². The fraction of sp³-hybridized carbons (Fsp3) is 0.462. The highest BCUT2D eigenvalue weighted by Crippen LogP contribution is 2.41. The largest absolute Gasteiger partial charge is 0.463 e. The molecule has 1 saturated heterocycles. The highest BCUT2D eigenvalue weighted by atomic mass is 16.7. The summed E-state index contributed by atoms with van der Waals surface area (Å²) in [5.41, 5.74) is 5.78. The van der Waals surface area contributed by atoms with Gasteiger partial charge in [-0.1, -0.05) is 30.3 Å². The van der Waals surface area contributed by atoms with E-state index in [1.807, 2.05) is 30.3 Å². The minimum atomic E-state index is -1.32. The summed E-state index contributed by atoms with van der Waals surface area (Å²) in [6.45, 7) is 6.26. The standard InChI is InChI=1S/C26H32N4O7/c1-25(2,3)24(33)36-15-35-21-18(13-34-20(31)12-16-8-6-5-7-9-16)37-26(4,22(21)32)19-11-10-17-23(27)28-14-29-30(17)19/h5-11,14,18,21-22,32H,12-13,15H2,1-4H3,(H2,27,28,29)/t18-,21-,22-,26+/m1/s1. The third-order valence-corrected chi connectivity index (χ3v) is 6.29. The van der Waals surface area contributed by atoms with Crippen LogP contribution in [0.15, 0.2) is 48.8 Å². The highest BCUT2D eigenvalue weighted by molar-refractivity contribution is 5.75. The molecule has 0 unspecified atom stereocenters. The first-order valence-electron chi connectivity index (χ1n) is 11.9. The molecule has 4 atom stereocenters. The number of carbonyl (C=O) groups is 2. The van der Waals surface area contributed by atoms with Crippen LogP contribution in [0.5, 0.6) is 0 Å². The van der Waals surface area contributed by atoms with Crippen LogP contribution in [0.25, 0.3) is 5.52 Å². The second kappa shape index (κ2) is 10.4. The minimum Gasteiger partial charge on any atom is -0.463 e. The molecule has 3 aromatic rings. The van der Waals surface area contributed by atoms with Crippen molar-refractivity contribution in [2.75, 3.05) is 19.1 Å². The Morgan fingerprint density at radius 3 is 2.59 bits per heavy atom. The SMILES string of the molecule is CC(C)(C)C(=O)OCO[C@H]1[C@@H](O)[C@](C)(c2ccc3c(N)ncnn23)O[C@@H]1COC(=O)Cc1ccccc1. The van der Waals surface area contributed by atoms with Gasteiger partial charge in [-0.2, -0.15) is 5.10 Å². The molecule has 4 rings (SSSR count). The predicted octanol–water partition coefficient (Wildman–Crippen LogP) is 2.00. The molecule has 11 nitrogen and oxygen atoms in total. The predicted molar refractivity (Wildman–Crippen MR) is 132 cm³/mol. The van der Waals surface area contributed by atoms with Crippen molar-refractivity contribution >= 4 is 23.3 Å². The number of esters is 2. The maximum atomic E-state index is 12.5. The first-order chi connectivity index (χ1) is 17.5. The first kappa shape index (κ1) is 26.5. The van der Waals surface area contributed by atoms with Crippen LogP contribution in [-0.2, 0) is 40.6 Å². The number of aromatic nitrogens is 3. The topological polar surface area (TPSA) is 148 Å². The molecule has 11 heteroatoms. The van der Waals surface area contributed by atoms with Crippen LogP contribution in [0.3, 0.4) is 0 Å². The van der Waals surface area contributed by atoms with E-state index in [4.69, 9.17) is 24.7 Å². The molecule has 0 saturated carbocycles. The average molecular weight is 513 g/mol. The van der Waals surface area contributed by atoms with Crippen LogP contribution in [-0.4, -0.2) is 63.4 Å². The fourth-order valence-corrected chi connectivity index (χ4v) is 4.21. The Kier molecular flexibility index (Phi) is 7.49. The lowest BCUT2D eigenvalue weighted by molar-refractivity contribution is -0.178. The van der Waals surface area contributed by atoms with Gasteiger partial charge in [-0.05, 0) is 45.4 Å². The summed E-state index contributed by atoms with van der Waals surface area (Å²) in [7, 11) is 0. The molecule has 37 heavy (non-hydrogen) atoms. The van der Waals surface area contributed by atoms with Gasteiger partial charge in [-0.25, -0.2) is 9.50 Å². The molecule has 1 fully saturated rings. The number of hydrogen-bond acceptors (Lipinski definition) is 10. The molecule has 2 aromatic heterocycles. The van der Waals surface area contributed by atoms with Crippen molar-refractivity contribution in [3.05, 3.63) is 60.0 Å². The van der Waals surface area contributed by atoms with Gasteiger partial charge in [0.15, 0.2) is 12.6 Å². The van der Waals surface area contributed by atoms with Gasteiger partial charge in [0, 0.05) is 0 Å². The van der Waals surface area contributed by atoms with Gasteiger partial charge in [0.05, 0.1) is 17.5 Å². The number of nitrogens with zero attached hydrogens (tertiary/aromatic N) is 3. The number of rotatable bonds is 8. The Morgan fingerprint density at radius 1 is 1.16 bits per heavy atom. The minimum absolute atomic E-state index is 0.0850. The molecule has 1 aliphatic rings. The summed E-state index contributed by atoms with van der Waals surface area (Å²) in [5.74, 6) is -0.644. The number of anilines is 1. The number of nitrogens with two attached hydrogens (primary N) is 1. The van der Waals surface area contributed by atoms with Crippen molar-refractivity contribution in [3.8, 4) is 0 Å². The molecule has 1 aromatic carbocycles. The van der Waals surface area contributed by atoms with Gasteiger partial charge >= 0.3 is 11.9 Å². The van der Waals surface area contributed by atoms with E-state index in [9.17, 15) is 14.7 Å². The monoisotopic (exact) mass is 512 g/mol. The zero-order chi connectivity index (χ0) is 26.8. The molecule has 0 spiro atoms. The van der Waals surface area contributed by atoms with E-state index in [0.29, 0.717) is 11.2 Å². The van der Waals surface area contributed by atoms with Crippen molar-refractivity contribution in [1.82, 2.24) is 14.6 Å². The van der Waals surface area contributed by atoms with Crippen LogP contribution in [0.4, 0.5) is 5.82 Å². The van der Waals surface area contributed by atoms with E-state index in [1.165, 1.54) is 10.8 Å². The molecule has 0 radical (unpaired) electrons. The van der Waals surface area contributed by atoms with Crippen LogP contribution >= 0.6 is 0 Å². The van der Waals surface area contributed by atoms with Gasteiger partial charge in [-0.3, -0.25) is 9.59 Å². The summed E-state index contributed by atoms with van der Waals surface area (Å²) < 4.78 is 24.3. The summed E-state index contributed by atoms with van der Waals surface area (Å²) in [6, 6.07) is 12.6. The van der Waals surface area contributed by atoms with Crippen molar-refractivity contribution in [1.29, 1.82) is 0 Å². The number of ether oxygens (including phenoxy) is 4. The summed E-state index contributed by atoms with van der Waals surface area (Å²) >= 11 is 0. The quantitative estimate of drug-likeness (QED) is 0.339. The normalized spacial score (nSPS) is 23.8. The second-order valence-corrected chi connectivity index (χ2v) is 10.1. The van der Waals surface area contributed by atoms with E-state index in [1.54, 1.807) is 39.8 Å². The Balaban J connectivity index is 1.53. The summed E-state index contributed by atoms with van der Waals surface area (Å²) in [5, 5.41) is 15.6. The molecule has 3 N–H and O–H groups in total. The highest BCUT2D eigenvalue weighted by Gasteiger charge is 2.55. The van der Waals surface area contributed by atoms with Crippen molar-refractivity contribution in [3.63, 3.8) is 0 Å². The van der Waals surface area contributed by atoms with E-state index in [0.717, 1.165) is 5.56 Å². The number of aliphatic hydroxyl groups is 1. The summed E-state index contributed by atoms with van der Waals surface area (Å²) in [6.07, 6.45) is -1.68. The maximum absolute atomic E-state index is 12.5. The lowest BCUT2D eigenvalue weighted by atomic mass is 9.93. The third kappa shape index (κ3) is 5.58. The number of aliphatic hydroxyl groups excluding tert-OH is 1. The number of hydrogen-bond donors (Lipinski definition) is 2. The molecule has 1 aliphatic heterocycles. The summed E-state index contributed by atoms with van der Waals surface area (Å²) in [4.78, 5) is 28.7. The zero-order valence-corrected chi connectivity index (χ0v) is 21.3. The Bertz CT molecular complexity index is 1260. The average Bonchev–Trinajstić information content (AvgIpc) is 3.39. The third-order valence-electron chi connectivity index (χ3n) is 6.29. The second-order valence-electron chi connectivity index (χ2n) is 10.1. The maximum Gasteiger partial charge on any atom is 0.313 e.